The molecule has 0 aliphatic rings. The van der Waals surface area contributed by atoms with Gasteiger partial charge in [0.15, 0.2) is 0 Å². The number of rotatable bonds is 9. The lowest BCUT2D eigenvalue weighted by Gasteiger charge is -2.27. The molecule has 0 rings (SSSR count). The Bertz CT molecular complexity index is 162. The molecule has 0 saturated heterocycles. The number of nitrogens with two attached hydrogens (primary N) is 1. The average Bonchev–Trinajstić information content (AvgIpc) is 2.17. The zero-order valence-electron chi connectivity index (χ0n) is 11.7. The minimum Gasteiger partial charge on any atom is -0.383 e. The zero-order chi connectivity index (χ0) is 12.6. The van der Waals surface area contributed by atoms with Crippen molar-refractivity contribution in [1.82, 2.24) is 4.90 Å². The number of ether oxygens (including phenoxy) is 1. The van der Waals surface area contributed by atoms with Crippen molar-refractivity contribution in [3.8, 4) is 0 Å². The molecule has 0 bridgehead atoms. The molecule has 3 unspecified atom stereocenters. The Kier molecular flexibility index (Phi) is 8.90. The summed E-state index contributed by atoms with van der Waals surface area (Å²) in [5, 5.41) is 0. The van der Waals surface area contributed by atoms with Crippen LogP contribution in [0.3, 0.4) is 0 Å². The lowest BCUT2D eigenvalue weighted by atomic mass is 10.0. The third kappa shape index (κ3) is 8.08. The molecular weight excluding hydrogens is 200 g/mol. The van der Waals surface area contributed by atoms with Crippen molar-refractivity contribution >= 4 is 0 Å². The molecule has 3 atom stereocenters. The van der Waals surface area contributed by atoms with Crippen LogP contribution >= 0.6 is 0 Å². The summed E-state index contributed by atoms with van der Waals surface area (Å²) < 4.78 is 5.16. The Labute approximate surface area is 101 Å². The van der Waals surface area contributed by atoms with E-state index in [1.165, 1.54) is 12.8 Å². The van der Waals surface area contributed by atoms with Gasteiger partial charge in [0, 0.05) is 25.7 Å². The number of likely N-dealkylation sites (N-methyl/N-ethyl adjacent to an activating group) is 1. The smallest absolute Gasteiger partial charge is 0.0615 e. The molecule has 3 nitrogen and oxygen atoms in total. The Morgan fingerprint density at radius 2 is 1.81 bits per heavy atom. The molecule has 2 N–H and O–H groups in total. The minimum atomic E-state index is 0.345. The van der Waals surface area contributed by atoms with Gasteiger partial charge in [-0.15, -0.1) is 0 Å². The predicted molar refractivity (Wildman–Crippen MR) is 70.6 cm³/mol. The Morgan fingerprint density at radius 3 is 2.31 bits per heavy atom. The quantitative estimate of drug-likeness (QED) is 0.659. The summed E-state index contributed by atoms with van der Waals surface area (Å²) >= 11 is 0. The number of hydrogen-bond acceptors (Lipinski definition) is 3. The van der Waals surface area contributed by atoms with Crippen molar-refractivity contribution in [2.24, 2.45) is 11.7 Å². The normalized spacial score (nSPS) is 17.4. The highest BCUT2D eigenvalue weighted by molar-refractivity contribution is 4.66. The topological polar surface area (TPSA) is 38.5 Å². The van der Waals surface area contributed by atoms with E-state index in [1.807, 2.05) is 0 Å². The summed E-state index contributed by atoms with van der Waals surface area (Å²) in [6.45, 7) is 8.55. The van der Waals surface area contributed by atoms with E-state index in [0.29, 0.717) is 12.1 Å². The fourth-order valence-corrected chi connectivity index (χ4v) is 1.92. The van der Waals surface area contributed by atoms with Gasteiger partial charge < -0.3 is 15.4 Å². The van der Waals surface area contributed by atoms with Gasteiger partial charge in [0.25, 0.3) is 0 Å². The second-order valence-corrected chi connectivity index (χ2v) is 5.26. The number of nitrogens with zero attached hydrogens (tertiary/aromatic N) is 1. The van der Waals surface area contributed by atoms with Gasteiger partial charge >= 0.3 is 0 Å². The molecule has 0 saturated carbocycles. The Hall–Kier alpha value is -0.120. The zero-order valence-corrected chi connectivity index (χ0v) is 11.7. The molecule has 0 aliphatic carbocycles. The van der Waals surface area contributed by atoms with Gasteiger partial charge in [0.05, 0.1) is 6.61 Å². The maximum atomic E-state index is 5.74. The molecule has 0 spiro atoms. The summed E-state index contributed by atoms with van der Waals surface area (Å²) in [6, 6.07) is 0.846. The lowest BCUT2D eigenvalue weighted by molar-refractivity contribution is 0.106. The number of methoxy groups -OCH3 is 1. The van der Waals surface area contributed by atoms with Crippen molar-refractivity contribution in [3.63, 3.8) is 0 Å². The van der Waals surface area contributed by atoms with Crippen molar-refractivity contribution in [2.45, 2.75) is 52.1 Å². The van der Waals surface area contributed by atoms with Crippen molar-refractivity contribution in [3.05, 3.63) is 0 Å². The van der Waals surface area contributed by atoms with E-state index in [1.54, 1.807) is 7.11 Å². The molecule has 0 aromatic carbocycles. The Morgan fingerprint density at radius 1 is 1.19 bits per heavy atom. The van der Waals surface area contributed by atoms with Crippen LogP contribution in [0, 0.1) is 5.92 Å². The highest BCUT2D eigenvalue weighted by atomic mass is 16.5. The molecule has 0 heterocycles. The first kappa shape index (κ1) is 15.9. The average molecular weight is 230 g/mol. The fraction of sp³-hybridized carbons (Fsp3) is 1.00. The molecular formula is C13H30N2O. The Balaban J connectivity index is 3.64. The minimum absolute atomic E-state index is 0.345. The first-order valence-electron chi connectivity index (χ1n) is 6.42. The van der Waals surface area contributed by atoms with Gasteiger partial charge in [-0.1, -0.05) is 13.3 Å². The molecule has 0 radical (unpaired) electrons. The van der Waals surface area contributed by atoms with Crippen LogP contribution in [0.1, 0.15) is 40.0 Å². The first-order chi connectivity index (χ1) is 7.47. The molecule has 98 valence electrons. The summed E-state index contributed by atoms with van der Waals surface area (Å²) in [6.07, 6.45) is 3.65. The van der Waals surface area contributed by atoms with E-state index in [2.05, 4.69) is 32.7 Å². The summed E-state index contributed by atoms with van der Waals surface area (Å²) in [7, 11) is 3.93. The maximum absolute atomic E-state index is 5.74. The third-order valence-electron chi connectivity index (χ3n) is 3.12. The summed E-state index contributed by atoms with van der Waals surface area (Å²) in [5.74, 6) is 0.739. The monoisotopic (exact) mass is 230 g/mol. The molecule has 0 aromatic heterocycles. The van der Waals surface area contributed by atoms with Gasteiger partial charge in [-0.25, -0.2) is 0 Å². The second-order valence-electron chi connectivity index (χ2n) is 5.26. The third-order valence-corrected chi connectivity index (χ3v) is 3.12. The van der Waals surface area contributed by atoms with Crippen LogP contribution in [0.4, 0.5) is 0 Å². The highest BCUT2D eigenvalue weighted by Crippen LogP contribution is 2.11. The molecule has 3 heteroatoms. The standard InChI is InChI=1S/C13H30N2O/c1-11(7-6-8-12(2)14)9-15(4)13(3)10-16-5/h11-13H,6-10,14H2,1-5H3. The van der Waals surface area contributed by atoms with Crippen LogP contribution in [0.25, 0.3) is 0 Å². The highest BCUT2D eigenvalue weighted by Gasteiger charge is 2.12. The van der Waals surface area contributed by atoms with E-state index in [4.69, 9.17) is 10.5 Å². The molecule has 0 amide bonds. The molecule has 0 aromatic rings. The van der Waals surface area contributed by atoms with Crippen molar-refractivity contribution < 1.29 is 4.74 Å². The van der Waals surface area contributed by atoms with E-state index in [0.717, 1.165) is 25.5 Å². The van der Waals surface area contributed by atoms with E-state index in [9.17, 15) is 0 Å². The van der Waals surface area contributed by atoms with E-state index >= 15 is 0 Å². The van der Waals surface area contributed by atoms with Gasteiger partial charge in [-0.05, 0) is 39.7 Å². The van der Waals surface area contributed by atoms with E-state index < -0.39 is 0 Å². The van der Waals surface area contributed by atoms with Gasteiger partial charge in [0.1, 0.15) is 0 Å². The predicted octanol–water partition coefficient (Wildman–Crippen LogP) is 2.11. The largest absolute Gasteiger partial charge is 0.383 e. The number of hydrogen-bond donors (Lipinski definition) is 1. The van der Waals surface area contributed by atoms with Crippen LogP contribution in [0.5, 0.6) is 0 Å². The van der Waals surface area contributed by atoms with Crippen molar-refractivity contribution in [1.29, 1.82) is 0 Å². The van der Waals surface area contributed by atoms with Gasteiger partial charge in [-0.2, -0.15) is 0 Å². The fourth-order valence-electron chi connectivity index (χ4n) is 1.92. The van der Waals surface area contributed by atoms with Gasteiger partial charge in [-0.3, -0.25) is 0 Å². The first-order valence-corrected chi connectivity index (χ1v) is 6.42. The van der Waals surface area contributed by atoms with Crippen LogP contribution in [-0.4, -0.2) is 44.3 Å². The SMILES string of the molecule is COCC(C)N(C)CC(C)CCCC(C)N. The van der Waals surface area contributed by atoms with Crippen LogP contribution in [-0.2, 0) is 4.74 Å². The summed E-state index contributed by atoms with van der Waals surface area (Å²) in [4.78, 5) is 2.38. The summed E-state index contributed by atoms with van der Waals surface area (Å²) in [5.41, 5.74) is 5.74. The van der Waals surface area contributed by atoms with Crippen LogP contribution in [0.15, 0.2) is 0 Å². The molecule has 0 aliphatic heterocycles. The van der Waals surface area contributed by atoms with E-state index in [-0.39, 0.29) is 0 Å². The van der Waals surface area contributed by atoms with Crippen LogP contribution < -0.4 is 5.73 Å². The molecule has 0 fully saturated rings. The van der Waals surface area contributed by atoms with Crippen molar-refractivity contribution in [2.75, 3.05) is 27.3 Å². The maximum Gasteiger partial charge on any atom is 0.0615 e. The molecule has 16 heavy (non-hydrogen) atoms. The van der Waals surface area contributed by atoms with Crippen LogP contribution in [0.2, 0.25) is 0 Å². The second kappa shape index (κ2) is 8.97. The van der Waals surface area contributed by atoms with Gasteiger partial charge in [0.2, 0.25) is 0 Å². The lowest BCUT2D eigenvalue weighted by Crippen LogP contribution is -2.35.